The molecule has 0 saturated heterocycles. The van der Waals surface area contributed by atoms with Gasteiger partial charge in [-0.3, -0.25) is 0 Å². The van der Waals surface area contributed by atoms with Gasteiger partial charge in [0.25, 0.3) is 0 Å². The number of aryl methyl sites for hydroxylation is 1. The average Bonchev–Trinajstić information content (AvgIpc) is 2.60. The molecule has 6 heteroatoms. The fraction of sp³-hybridized carbons (Fsp3) is 0.182. The Kier molecular flexibility index (Phi) is 2.99. The van der Waals surface area contributed by atoms with Gasteiger partial charge < -0.3 is 4.57 Å². The Labute approximate surface area is 104 Å². The fourth-order valence-electron chi connectivity index (χ4n) is 1.50. The first-order valence-corrected chi connectivity index (χ1v) is 5.54. The summed E-state index contributed by atoms with van der Waals surface area (Å²) in [7, 11) is 1.54. The number of nitrogens with zero attached hydrogens (tertiary/aromatic N) is 2. The first-order chi connectivity index (χ1) is 7.88. The van der Waals surface area contributed by atoms with Crippen molar-refractivity contribution in [3.63, 3.8) is 0 Å². The summed E-state index contributed by atoms with van der Waals surface area (Å²) in [5.41, 5.74) is -0.243. The molecule has 0 aliphatic rings. The molecule has 1 heterocycles. The Morgan fingerprint density at radius 3 is 2.53 bits per heavy atom. The topological polar surface area (TPSA) is 17.8 Å². The Hall–Kier alpha value is -1.30. The third-order valence-corrected chi connectivity index (χ3v) is 2.74. The van der Waals surface area contributed by atoms with Crippen molar-refractivity contribution in [3.05, 3.63) is 40.6 Å². The molecule has 1 aromatic carbocycles. The first kappa shape index (κ1) is 12.2. The highest BCUT2D eigenvalue weighted by Gasteiger charge is 2.34. The standard InChI is InChI=1S/C11H8BrF3N2/c1-17-6-9(11(13,14)15)16-10(17)7-3-2-4-8(12)5-7/h2-6H,1H3. The zero-order valence-corrected chi connectivity index (χ0v) is 10.4. The van der Waals surface area contributed by atoms with Crippen molar-refractivity contribution in [2.45, 2.75) is 6.18 Å². The fourth-order valence-corrected chi connectivity index (χ4v) is 1.90. The predicted molar refractivity (Wildman–Crippen MR) is 61.3 cm³/mol. The van der Waals surface area contributed by atoms with E-state index in [0.717, 1.165) is 10.7 Å². The van der Waals surface area contributed by atoms with Crippen molar-refractivity contribution in [1.29, 1.82) is 0 Å². The van der Waals surface area contributed by atoms with Crippen LogP contribution in [0.3, 0.4) is 0 Å². The van der Waals surface area contributed by atoms with Gasteiger partial charge in [0.05, 0.1) is 0 Å². The number of benzene rings is 1. The Bertz CT molecular complexity index is 546. The van der Waals surface area contributed by atoms with E-state index in [1.807, 2.05) is 0 Å². The van der Waals surface area contributed by atoms with Gasteiger partial charge in [0.1, 0.15) is 5.82 Å². The highest BCUT2D eigenvalue weighted by molar-refractivity contribution is 9.10. The van der Waals surface area contributed by atoms with Gasteiger partial charge in [-0.15, -0.1) is 0 Å². The minimum absolute atomic E-state index is 0.290. The number of rotatable bonds is 1. The van der Waals surface area contributed by atoms with Crippen LogP contribution >= 0.6 is 15.9 Å². The molecule has 0 aliphatic heterocycles. The molecular formula is C11H8BrF3N2. The minimum Gasteiger partial charge on any atom is -0.333 e. The molecule has 2 rings (SSSR count). The number of imidazole rings is 1. The lowest BCUT2D eigenvalue weighted by atomic mass is 10.2. The van der Waals surface area contributed by atoms with Gasteiger partial charge in [-0.25, -0.2) is 4.98 Å². The molecule has 2 aromatic rings. The van der Waals surface area contributed by atoms with Crippen molar-refractivity contribution >= 4 is 15.9 Å². The third kappa shape index (κ3) is 2.52. The molecule has 2 nitrogen and oxygen atoms in total. The summed E-state index contributed by atoms with van der Waals surface area (Å²) < 4.78 is 39.6. The lowest BCUT2D eigenvalue weighted by molar-refractivity contribution is -0.140. The lowest BCUT2D eigenvalue weighted by Gasteiger charge is -2.01. The van der Waals surface area contributed by atoms with Gasteiger partial charge in [-0.2, -0.15) is 13.2 Å². The zero-order valence-electron chi connectivity index (χ0n) is 8.79. The summed E-state index contributed by atoms with van der Waals surface area (Å²) in [6, 6.07) is 6.99. The van der Waals surface area contributed by atoms with E-state index in [0.29, 0.717) is 11.4 Å². The van der Waals surface area contributed by atoms with Crippen LogP contribution < -0.4 is 0 Å². The summed E-state index contributed by atoms with van der Waals surface area (Å²) in [5, 5.41) is 0. The average molecular weight is 305 g/mol. The molecule has 0 spiro atoms. The van der Waals surface area contributed by atoms with Crippen LogP contribution in [0.1, 0.15) is 5.69 Å². The third-order valence-electron chi connectivity index (χ3n) is 2.25. The molecular weight excluding hydrogens is 297 g/mol. The Morgan fingerprint density at radius 2 is 2.00 bits per heavy atom. The zero-order chi connectivity index (χ0) is 12.6. The van der Waals surface area contributed by atoms with Gasteiger partial charge >= 0.3 is 6.18 Å². The molecule has 0 amide bonds. The van der Waals surface area contributed by atoms with Gasteiger partial charge in [0.2, 0.25) is 0 Å². The summed E-state index contributed by atoms with van der Waals surface area (Å²) >= 11 is 3.27. The molecule has 0 aliphatic carbocycles. The molecule has 1 aromatic heterocycles. The summed E-state index contributed by atoms with van der Waals surface area (Å²) in [5.74, 6) is 0.290. The molecule has 0 bridgehead atoms. The van der Waals surface area contributed by atoms with Crippen LogP contribution in [0.2, 0.25) is 0 Å². The van der Waals surface area contributed by atoms with Crippen LogP contribution in [0.4, 0.5) is 13.2 Å². The van der Waals surface area contributed by atoms with E-state index in [-0.39, 0.29) is 0 Å². The van der Waals surface area contributed by atoms with Crippen molar-refractivity contribution in [3.8, 4) is 11.4 Å². The Morgan fingerprint density at radius 1 is 1.29 bits per heavy atom. The number of hydrogen-bond acceptors (Lipinski definition) is 1. The molecule has 0 saturated carbocycles. The normalized spacial score (nSPS) is 11.8. The predicted octanol–water partition coefficient (Wildman–Crippen LogP) is 3.87. The van der Waals surface area contributed by atoms with E-state index < -0.39 is 11.9 Å². The smallest absolute Gasteiger partial charge is 0.333 e. The van der Waals surface area contributed by atoms with Crippen LogP contribution in [0.25, 0.3) is 11.4 Å². The molecule has 17 heavy (non-hydrogen) atoms. The maximum Gasteiger partial charge on any atom is 0.434 e. The molecule has 0 atom stereocenters. The highest BCUT2D eigenvalue weighted by Crippen LogP contribution is 2.31. The van der Waals surface area contributed by atoms with E-state index in [4.69, 9.17) is 0 Å². The van der Waals surface area contributed by atoms with Crippen LogP contribution in [0.15, 0.2) is 34.9 Å². The molecule has 0 unspecified atom stereocenters. The number of hydrogen-bond donors (Lipinski definition) is 0. The second kappa shape index (κ2) is 4.18. The lowest BCUT2D eigenvalue weighted by Crippen LogP contribution is -2.04. The van der Waals surface area contributed by atoms with Crippen molar-refractivity contribution in [2.75, 3.05) is 0 Å². The van der Waals surface area contributed by atoms with E-state index in [1.54, 1.807) is 31.3 Å². The van der Waals surface area contributed by atoms with E-state index in [2.05, 4.69) is 20.9 Å². The second-order valence-corrected chi connectivity index (χ2v) is 4.48. The van der Waals surface area contributed by atoms with Crippen LogP contribution in [0.5, 0.6) is 0 Å². The Balaban J connectivity index is 2.50. The first-order valence-electron chi connectivity index (χ1n) is 4.74. The maximum absolute atomic E-state index is 12.5. The van der Waals surface area contributed by atoms with E-state index in [1.165, 1.54) is 4.57 Å². The summed E-state index contributed by atoms with van der Waals surface area (Å²) in [6.45, 7) is 0. The quantitative estimate of drug-likeness (QED) is 0.782. The monoisotopic (exact) mass is 304 g/mol. The number of alkyl halides is 3. The van der Waals surface area contributed by atoms with Crippen LogP contribution in [0, 0.1) is 0 Å². The molecule has 0 fully saturated rings. The molecule has 0 radical (unpaired) electrons. The van der Waals surface area contributed by atoms with Crippen molar-refractivity contribution < 1.29 is 13.2 Å². The summed E-state index contributed by atoms with van der Waals surface area (Å²) in [4.78, 5) is 3.61. The molecule has 90 valence electrons. The summed E-state index contributed by atoms with van der Waals surface area (Å²) in [6.07, 6.45) is -3.43. The van der Waals surface area contributed by atoms with Crippen LogP contribution in [-0.4, -0.2) is 9.55 Å². The van der Waals surface area contributed by atoms with Crippen molar-refractivity contribution in [2.24, 2.45) is 7.05 Å². The van der Waals surface area contributed by atoms with E-state index in [9.17, 15) is 13.2 Å². The van der Waals surface area contributed by atoms with Gasteiger partial charge in [0.15, 0.2) is 5.69 Å². The molecule has 0 N–H and O–H groups in total. The minimum atomic E-state index is -4.41. The number of halogens is 4. The van der Waals surface area contributed by atoms with Gasteiger partial charge in [-0.1, -0.05) is 28.1 Å². The van der Waals surface area contributed by atoms with Crippen molar-refractivity contribution in [1.82, 2.24) is 9.55 Å². The number of aromatic nitrogens is 2. The highest BCUT2D eigenvalue weighted by atomic mass is 79.9. The van der Waals surface area contributed by atoms with E-state index >= 15 is 0 Å². The SMILES string of the molecule is Cn1cc(C(F)(F)F)nc1-c1cccc(Br)c1. The largest absolute Gasteiger partial charge is 0.434 e. The van der Waals surface area contributed by atoms with Gasteiger partial charge in [0, 0.05) is 23.3 Å². The second-order valence-electron chi connectivity index (χ2n) is 3.57. The van der Waals surface area contributed by atoms with Crippen LogP contribution in [-0.2, 0) is 13.2 Å². The van der Waals surface area contributed by atoms with Gasteiger partial charge in [-0.05, 0) is 12.1 Å². The maximum atomic E-state index is 12.5.